The highest BCUT2D eigenvalue weighted by atomic mass is 19.1. The summed E-state index contributed by atoms with van der Waals surface area (Å²) < 4.78 is 18.2. The molecule has 0 unspecified atom stereocenters. The molecule has 0 bridgehead atoms. The number of nitro groups is 1. The molecule has 2 rings (SSSR count). The molecule has 2 aromatic carbocycles. The van der Waals surface area contributed by atoms with E-state index in [1.54, 1.807) is 13.1 Å². The quantitative estimate of drug-likeness (QED) is 0.651. The fourth-order valence-corrected chi connectivity index (χ4v) is 1.84. The average Bonchev–Trinajstić information content (AvgIpc) is 2.48. The van der Waals surface area contributed by atoms with Crippen molar-refractivity contribution in [2.45, 2.75) is 0 Å². The number of ether oxygens (including phenoxy) is 1. The second-order valence-electron chi connectivity index (χ2n) is 4.25. The molecular formula is C14H14FN3O3. The van der Waals surface area contributed by atoms with Gasteiger partial charge in [0.1, 0.15) is 0 Å². The van der Waals surface area contributed by atoms with Gasteiger partial charge < -0.3 is 15.4 Å². The number of nitro benzene ring substituents is 1. The average molecular weight is 291 g/mol. The molecule has 2 N–H and O–H groups in total. The number of anilines is 3. The van der Waals surface area contributed by atoms with Gasteiger partial charge in [0.05, 0.1) is 12.0 Å². The number of non-ortho nitro benzene ring substituents is 1. The Hall–Kier alpha value is -2.83. The Balaban J connectivity index is 2.34. The molecule has 0 aliphatic carbocycles. The number of nitrogens with one attached hydrogen (secondary N) is 2. The van der Waals surface area contributed by atoms with E-state index >= 15 is 0 Å². The molecule has 7 heteroatoms. The predicted octanol–water partition coefficient (Wildman–Crippen LogP) is 3.53. The lowest BCUT2D eigenvalue weighted by Gasteiger charge is -2.10. The second kappa shape index (κ2) is 6.08. The first kappa shape index (κ1) is 14.6. The monoisotopic (exact) mass is 291 g/mol. The van der Waals surface area contributed by atoms with Crippen molar-refractivity contribution >= 4 is 22.7 Å². The summed E-state index contributed by atoms with van der Waals surface area (Å²) in [5.74, 6) is -0.378. The first-order chi connectivity index (χ1) is 10.0. The van der Waals surface area contributed by atoms with Crippen LogP contribution in [0, 0.1) is 15.9 Å². The molecule has 0 fully saturated rings. The van der Waals surface area contributed by atoms with Gasteiger partial charge in [-0.25, -0.2) is 4.39 Å². The smallest absolute Gasteiger partial charge is 0.273 e. The summed E-state index contributed by atoms with van der Waals surface area (Å²) in [5.41, 5.74) is 1.64. The molecule has 0 saturated heterocycles. The van der Waals surface area contributed by atoms with Gasteiger partial charge in [-0.2, -0.15) is 0 Å². The summed E-state index contributed by atoms with van der Waals surface area (Å²) >= 11 is 0. The Kier molecular flexibility index (Phi) is 4.22. The molecule has 0 atom stereocenters. The highest BCUT2D eigenvalue weighted by Crippen LogP contribution is 2.28. The molecule has 21 heavy (non-hydrogen) atoms. The number of hydrogen-bond donors (Lipinski definition) is 2. The fourth-order valence-electron chi connectivity index (χ4n) is 1.84. The van der Waals surface area contributed by atoms with E-state index < -0.39 is 10.7 Å². The van der Waals surface area contributed by atoms with E-state index in [0.29, 0.717) is 17.1 Å². The zero-order chi connectivity index (χ0) is 15.4. The van der Waals surface area contributed by atoms with Crippen molar-refractivity contribution in [1.82, 2.24) is 0 Å². The van der Waals surface area contributed by atoms with Crippen LogP contribution in [-0.4, -0.2) is 19.1 Å². The van der Waals surface area contributed by atoms with Crippen LogP contribution in [0.25, 0.3) is 0 Å². The van der Waals surface area contributed by atoms with E-state index in [9.17, 15) is 14.5 Å². The van der Waals surface area contributed by atoms with Gasteiger partial charge in [-0.15, -0.1) is 0 Å². The lowest BCUT2D eigenvalue weighted by Crippen LogP contribution is -1.97. The lowest BCUT2D eigenvalue weighted by molar-refractivity contribution is -0.384. The van der Waals surface area contributed by atoms with Crippen LogP contribution in [0.5, 0.6) is 5.75 Å². The lowest BCUT2D eigenvalue weighted by atomic mass is 10.2. The Morgan fingerprint density at radius 2 is 1.86 bits per heavy atom. The highest BCUT2D eigenvalue weighted by Gasteiger charge is 2.10. The number of hydrogen-bond acceptors (Lipinski definition) is 5. The molecule has 0 radical (unpaired) electrons. The standard InChI is InChI=1S/C14H14FN3O3/c1-16-10-5-11(7-12(6-10)18(19)20)17-9-3-4-13(15)14(8-9)21-2/h3-8,16-17H,1-2H3. The van der Waals surface area contributed by atoms with Crippen LogP contribution in [0.3, 0.4) is 0 Å². The number of benzene rings is 2. The van der Waals surface area contributed by atoms with Gasteiger partial charge in [-0.05, 0) is 18.2 Å². The molecule has 110 valence electrons. The molecule has 0 amide bonds. The third kappa shape index (κ3) is 3.38. The van der Waals surface area contributed by atoms with Crippen molar-refractivity contribution in [3.05, 3.63) is 52.3 Å². The van der Waals surface area contributed by atoms with Crippen LogP contribution in [0.15, 0.2) is 36.4 Å². The molecule has 0 aliphatic heterocycles. The van der Waals surface area contributed by atoms with Gasteiger partial charge in [0.2, 0.25) is 0 Å². The summed E-state index contributed by atoms with van der Waals surface area (Å²) in [6.45, 7) is 0. The maximum absolute atomic E-state index is 13.3. The maximum Gasteiger partial charge on any atom is 0.273 e. The molecular weight excluding hydrogens is 277 g/mol. The summed E-state index contributed by atoms with van der Waals surface area (Å²) in [6, 6.07) is 8.80. The van der Waals surface area contributed by atoms with Crippen molar-refractivity contribution in [2.24, 2.45) is 0 Å². The van der Waals surface area contributed by atoms with Crippen LogP contribution >= 0.6 is 0 Å². The predicted molar refractivity (Wildman–Crippen MR) is 78.9 cm³/mol. The Morgan fingerprint density at radius 3 is 2.48 bits per heavy atom. The number of methoxy groups -OCH3 is 1. The molecule has 6 nitrogen and oxygen atoms in total. The van der Waals surface area contributed by atoms with E-state index in [-0.39, 0.29) is 11.4 Å². The molecule has 0 aliphatic rings. The minimum atomic E-state index is -0.475. The molecule has 0 saturated carbocycles. The molecule has 0 heterocycles. The van der Waals surface area contributed by atoms with Crippen molar-refractivity contribution in [1.29, 1.82) is 0 Å². The zero-order valence-corrected chi connectivity index (χ0v) is 11.5. The summed E-state index contributed by atoms with van der Waals surface area (Å²) in [7, 11) is 3.04. The van der Waals surface area contributed by atoms with Crippen LogP contribution in [0.2, 0.25) is 0 Å². The van der Waals surface area contributed by atoms with Gasteiger partial charge in [-0.1, -0.05) is 0 Å². The topological polar surface area (TPSA) is 76.4 Å². The van der Waals surface area contributed by atoms with Gasteiger partial charge in [-0.3, -0.25) is 10.1 Å². The van der Waals surface area contributed by atoms with Gasteiger partial charge >= 0.3 is 0 Å². The molecule has 0 spiro atoms. The van der Waals surface area contributed by atoms with Crippen molar-refractivity contribution in [3.63, 3.8) is 0 Å². The van der Waals surface area contributed by atoms with Gasteiger partial charge in [0, 0.05) is 42.3 Å². The number of nitrogens with zero attached hydrogens (tertiary/aromatic N) is 1. The number of halogens is 1. The van der Waals surface area contributed by atoms with E-state index in [1.807, 2.05) is 0 Å². The van der Waals surface area contributed by atoms with E-state index in [0.717, 1.165) is 0 Å². The van der Waals surface area contributed by atoms with Crippen molar-refractivity contribution < 1.29 is 14.1 Å². The van der Waals surface area contributed by atoms with Crippen LogP contribution in [0.4, 0.5) is 27.1 Å². The maximum atomic E-state index is 13.3. The van der Waals surface area contributed by atoms with Crippen molar-refractivity contribution in [3.8, 4) is 5.75 Å². The SMILES string of the molecule is CNc1cc(Nc2ccc(F)c(OC)c2)cc([N+](=O)[O-])c1. The molecule has 0 aromatic heterocycles. The first-order valence-electron chi connectivity index (χ1n) is 6.11. The van der Waals surface area contributed by atoms with Gasteiger partial charge in [0.25, 0.3) is 5.69 Å². The first-order valence-corrected chi connectivity index (χ1v) is 6.11. The largest absolute Gasteiger partial charge is 0.494 e. The zero-order valence-electron chi connectivity index (χ0n) is 11.5. The van der Waals surface area contributed by atoms with Crippen LogP contribution < -0.4 is 15.4 Å². The third-order valence-electron chi connectivity index (χ3n) is 2.86. The third-order valence-corrected chi connectivity index (χ3v) is 2.86. The fraction of sp³-hybridized carbons (Fsp3) is 0.143. The van der Waals surface area contributed by atoms with Crippen molar-refractivity contribution in [2.75, 3.05) is 24.8 Å². The number of rotatable bonds is 5. The summed E-state index contributed by atoms with van der Waals surface area (Å²) in [5, 5.41) is 16.7. The normalized spacial score (nSPS) is 10.0. The Bertz CT molecular complexity index is 677. The van der Waals surface area contributed by atoms with E-state index in [4.69, 9.17) is 4.74 Å². The van der Waals surface area contributed by atoms with Crippen LogP contribution in [0.1, 0.15) is 0 Å². The highest BCUT2D eigenvalue weighted by molar-refractivity contribution is 5.69. The second-order valence-corrected chi connectivity index (χ2v) is 4.25. The van der Waals surface area contributed by atoms with Crippen LogP contribution in [-0.2, 0) is 0 Å². The van der Waals surface area contributed by atoms with Gasteiger partial charge in [0.15, 0.2) is 11.6 Å². The Morgan fingerprint density at radius 1 is 1.14 bits per heavy atom. The Labute approximate surface area is 120 Å². The minimum absolute atomic E-state index is 0.0431. The van der Waals surface area contributed by atoms with E-state index in [2.05, 4.69) is 10.6 Å². The summed E-state index contributed by atoms with van der Waals surface area (Å²) in [4.78, 5) is 10.4. The summed E-state index contributed by atoms with van der Waals surface area (Å²) in [6.07, 6.45) is 0. The minimum Gasteiger partial charge on any atom is -0.494 e. The molecule has 2 aromatic rings. The van der Waals surface area contributed by atoms with E-state index in [1.165, 1.54) is 37.4 Å².